The number of carbonyl (C=O) groups excluding carboxylic acids is 2. The molecule has 0 aromatic carbocycles. The van der Waals surface area contributed by atoms with Gasteiger partial charge in [0.1, 0.15) is 17.2 Å². The SMILES string of the molecule is C1CCC1.CNc1cc(N/C(C=O)=C/C=C\N(C)C2CC(F)(F)C2)nc2c(C(N)=O)cnn12. The van der Waals surface area contributed by atoms with E-state index in [0.29, 0.717) is 17.9 Å². The van der Waals surface area contributed by atoms with Gasteiger partial charge in [-0.3, -0.25) is 9.59 Å². The average molecular weight is 462 g/mol. The van der Waals surface area contributed by atoms with Crippen LogP contribution in [0.5, 0.6) is 0 Å². The summed E-state index contributed by atoms with van der Waals surface area (Å²) in [5.41, 5.74) is 5.90. The van der Waals surface area contributed by atoms with Crippen LogP contribution in [0.25, 0.3) is 5.65 Å². The van der Waals surface area contributed by atoms with E-state index in [-0.39, 0.29) is 35.8 Å². The summed E-state index contributed by atoms with van der Waals surface area (Å²) in [7, 11) is 3.38. The largest absolute Gasteiger partial charge is 0.377 e. The molecule has 0 unspecified atom stereocenters. The standard InChI is InChI=1S/C18H21F2N7O2.C4H8/c1-22-15-6-14(25-17-13(16(21)29)9-23-27(15)17)24-11(10-28)4-3-5-26(2)12-7-18(19,20)8-12;1-2-4-3-1/h3-6,9-10,12,22H,7-8H2,1-2H3,(H2,21,29)(H,24,25);1-4H2/b5-3-,11-4+;. The van der Waals surface area contributed by atoms with Gasteiger partial charge >= 0.3 is 0 Å². The number of anilines is 2. The number of nitrogens with zero attached hydrogens (tertiary/aromatic N) is 4. The van der Waals surface area contributed by atoms with Crippen LogP contribution in [0.15, 0.2) is 36.3 Å². The van der Waals surface area contributed by atoms with Crippen molar-refractivity contribution in [3.63, 3.8) is 0 Å². The Bertz CT molecular complexity index is 1050. The van der Waals surface area contributed by atoms with Crippen LogP contribution in [-0.4, -0.2) is 57.8 Å². The van der Waals surface area contributed by atoms with Gasteiger partial charge in [0.2, 0.25) is 0 Å². The van der Waals surface area contributed by atoms with Crippen molar-refractivity contribution < 1.29 is 18.4 Å². The number of hydrogen-bond acceptors (Lipinski definition) is 7. The van der Waals surface area contributed by atoms with Crippen LogP contribution in [0.1, 0.15) is 48.9 Å². The summed E-state index contributed by atoms with van der Waals surface area (Å²) in [6.07, 6.45) is 12.3. The number of amides is 1. The molecule has 2 aromatic heterocycles. The number of primary amides is 1. The van der Waals surface area contributed by atoms with Crippen LogP contribution >= 0.6 is 0 Å². The molecule has 0 spiro atoms. The second kappa shape index (κ2) is 10.4. The Labute approximate surface area is 190 Å². The van der Waals surface area contributed by atoms with E-state index in [4.69, 9.17) is 5.73 Å². The fourth-order valence-corrected chi connectivity index (χ4v) is 3.21. The number of carbonyl (C=O) groups is 2. The minimum atomic E-state index is -2.59. The summed E-state index contributed by atoms with van der Waals surface area (Å²) in [4.78, 5) is 28.9. The van der Waals surface area contributed by atoms with Gasteiger partial charge in [0, 0.05) is 39.0 Å². The number of alkyl halides is 2. The number of nitrogens with one attached hydrogen (secondary N) is 2. The number of hydrogen-bond donors (Lipinski definition) is 3. The molecule has 0 aliphatic heterocycles. The highest BCUT2D eigenvalue weighted by atomic mass is 19.3. The molecule has 11 heteroatoms. The number of allylic oxidation sites excluding steroid dienone is 3. The van der Waals surface area contributed by atoms with Crippen LogP contribution in [0.3, 0.4) is 0 Å². The Hall–Kier alpha value is -3.50. The summed E-state index contributed by atoms with van der Waals surface area (Å²) in [5.74, 6) is -2.45. The molecule has 0 radical (unpaired) electrons. The van der Waals surface area contributed by atoms with E-state index in [9.17, 15) is 18.4 Å². The van der Waals surface area contributed by atoms with Crippen molar-refractivity contribution in [1.82, 2.24) is 19.5 Å². The van der Waals surface area contributed by atoms with Crippen LogP contribution < -0.4 is 16.4 Å². The van der Waals surface area contributed by atoms with E-state index in [1.807, 2.05) is 0 Å². The normalized spacial score (nSPS) is 17.5. The third-order valence-corrected chi connectivity index (χ3v) is 5.63. The molecule has 4 rings (SSSR count). The van der Waals surface area contributed by atoms with E-state index >= 15 is 0 Å². The average Bonchev–Trinajstić information content (AvgIpc) is 3.13. The summed E-state index contributed by atoms with van der Waals surface area (Å²) in [6.45, 7) is 0. The molecule has 178 valence electrons. The molecule has 2 fully saturated rings. The molecular formula is C22H29F2N7O2. The number of halogens is 2. The molecule has 0 atom stereocenters. The lowest BCUT2D eigenvalue weighted by Gasteiger charge is -2.40. The summed E-state index contributed by atoms with van der Waals surface area (Å²) >= 11 is 0. The van der Waals surface area contributed by atoms with Gasteiger partial charge in [0.15, 0.2) is 11.9 Å². The zero-order valence-corrected chi connectivity index (χ0v) is 18.7. The van der Waals surface area contributed by atoms with E-state index in [1.54, 1.807) is 37.3 Å². The number of aromatic nitrogens is 3. The fourth-order valence-electron chi connectivity index (χ4n) is 3.21. The second-order valence-electron chi connectivity index (χ2n) is 8.14. The van der Waals surface area contributed by atoms with Crippen LogP contribution in [0.2, 0.25) is 0 Å². The summed E-state index contributed by atoms with van der Waals surface area (Å²) in [6, 6.07) is 1.38. The first-order valence-electron chi connectivity index (χ1n) is 10.8. The zero-order valence-electron chi connectivity index (χ0n) is 18.7. The highest BCUT2D eigenvalue weighted by Crippen LogP contribution is 2.40. The van der Waals surface area contributed by atoms with E-state index < -0.39 is 11.8 Å². The minimum absolute atomic E-state index is 0.139. The number of nitrogens with two attached hydrogens (primary N) is 1. The van der Waals surface area contributed by atoms with Crippen LogP contribution in [-0.2, 0) is 4.79 Å². The predicted octanol–water partition coefficient (Wildman–Crippen LogP) is 3.17. The maximum Gasteiger partial charge on any atom is 0.254 e. The Kier molecular flexibility index (Phi) is 7.62. The molecule has 33 heavy (non-hydrogen) atoms. The molecule has 2 heterocycles. The third-order valence-electron chi connectivity index (χ3n) is 5.63. The summed E-state index contributed by atoms with van der Waals surface area (Å²) < 4.78 is 27.3. The first kappa shape index (κ1) is 24.1. The topological polar surface area (TPSA) is 118 Å². The fraction of sp³-hybridized carbons (Fsp3) is 0.455. The highest BCUT2D eigenvalue weighted by Gasteiger charge is 2.46. The first-order chi connectivity index (χ1) is 15.7. The second-order valence-corrected chi connectivity index (χ2v) is 8.14. The van der Waals surface area contributed by atoms with Crippen LogP contribution in [0, 0.1) is 0 Å². The Morgan fingerprint density at radius 2 is 1.97 bits per heavy atom. The lowest BCUT2D eigenvalue weighted by Crippen LogP contribution is -2.47. The highest BCUT2D eigenvalue weighted by molar-refractivity contribution is 5.99. The van der Waals surface area contributed by atoms with Crippen molar-refractivity contribution in [1.29, 1.82) is 0 Å². The third kappa shape index (κ3) is 6.05. The van der Waals surface area contributed by atoms with Crippen molar-refractivity contribution in [2.45, 2.75) is 50.5 Å². The Morgan fingerprint density at radius 3 is 2.48 bits per heavy atom. The van der Waals surface area contributed by atoms with Gasteiger partial charge in [0.05, 0.1) is 11.9 Å². The van der Waals surface area contributed by atoms with Crippen molar-refractivity contribution >= 4 is 29.5 Å². The van der Waals surface area contributed by atoms with Gasteiger partial charge in [0.25, 0.3) is 11.8 Å². The maximum atomic E-state index is 13.0. The van der Waals surface area contributed by atoms with Gasteiger partial charge in [-0.15, -0.1) is 0 Å². The Balaban J connectivity index is 0.000000690. The zero-order chi connectivity index (χ0) is 24.0. The smallest absolute Gasteiger partial charge is 0.254 e. The van der Waals surface area contributed by atoms with Gasteiger partial charge in [-0.05, 0) is 18.4 Å². The molecule has 2 aliphatic carbocycles. The van der Waals surface area contributed by atoms with Crippen molar-refractivity contribution in [3.8, 4) is 0 Å². The molecule has 2 aliphatic rings. The van der Waals surface area contributed by atoms with Gasteiger partial charge in [-0.1, -0.05) is 25.7 Å². The van der Waals surface area contributed by atoms with Crippen molar-refractivity contribution in [2.24, 2.45) is 5.73 Å². The molecule has 1 amide bonds. The van der Waals surface area contributed by atoms with Crippen molar-refractivity contribution in [3.05, 3.63) is 41.9 Å². The van der Waals surface area contributed by atoms with E-state index in [0.717, 1.165) is 0 Å². The molecular weight excluding hydrogens is 432 g/mol. The lowest BCUT2D eigenvalue weighted by molar-refractivity contribution is -0.112. The molecule has 4 N–H and O–H groups in total. The Morgan fingerprint density at radius 1 is 1.30 bits per heavy atom. The first-order valence-corrected chi connectivity index (χ1v) is 10.8. The lowest BCUT2D eigenvalue weighted by atomic mass is 9.87. The molecule has 0 saturated heterocycles. The monoisotopic (exact) mass is 461 g/mol. The summed E-state index contributed by atoms with van der Waals surface area (Å²) in [5, 5.41) is 9.85. The number of fused-ring (bicyclic) bond motifs is 1. The molecule has 9 nitrogen and oxygen atoms in total. The molecule has 2 aromatic rings. The van der Waals surface area contributed by atoms with Gasteiger partial charge in [-0.2, -0.15) is 9.61 Å². The minimum Gasteiger partial charge on any atom is -0.377 e. The van der Waals surface area contributed by atoms with Gasteiger partial charge in [-0.25, -0.2) is 13.8 Å². The van der Waals surface area contributed by atoms with Gasteiger partial charge < -0.3 is 21.3 Å². The number of aldehydes is 1. The van der Waals surface area contributed by atoms with Crippen LogP contribution in [0.4, 0.5) is 20.4 Å². The molecule has 0 bridgehead atoms. The van der Waals surface area contributed by atoms with E-state index in [1.165, 1.54) is 42.5 Å². The quantitative estimate of drug-likeness (QED) is 0.314. The van der Waals surface area contributed by atoms with Crippen molar-refractivity contribution in [2.75, 3.05) is 24.7 Å². The maximum absolute atomic E-state index is 13.0. The number of rotatable bonds is 8. The van der Waals surface area contributed by atoms with E-state index in [2.05, 4.69) is 20.7 Å². The predicted molar refractivity (Wildman–Crippen MR) is 122 cm³/mol. The molecule has 2 saturated carbocycles.